The van der Waals surface area contributed by atoms with Crippen molar-refractivity contribution in [2.24, 2.45) is 0 Å². The van der Waals surface area contributed by atoms with Gasteiger partial charge >= 0.3 is 0 Å². The lowest BCUT2D eigenvalue weighted by Crippen LogP contribution is -2.31. The van der Waals surface area contributed by atoms with E-state index in [2.05, 4.69) is 65.0 Å². The molecule has 0 unspecified atom stereocenters. The second kappa shape index (κ2) is 12.7. The molecule has 0 saturated carbocycles. The molecule has 154 valence electrons. The molecule has 0 aliphatic heterocycles. The summed E-state index contributed by atoms with van der Waals surface area (Å²) in [7, 11) is 0. The van der Waals surface area contributed by atoms with Crippen molar-refractivity contribution in [3.63, 3.8) is 0 Å². The van der Waals surface area contributed by atoms with E-state index in [1.54, 1.807) is 0 Å². The van der Waals surface area contributed by atoms with Crippen molar-refractivity contribution in [1.29, 1.82) is 0 Å². The highest BCUT2D eigenvalue weighted by molar-refractivity contribution is 7.78. The van der Waals surface area contributed by atoms with Gasteiger partial charge in [0.15, 0.2) is 0 Å². The summed E-state index contributed by atoms with van der Waals surface area (Å²) in [6.07, 6.45) is 4.67. The van der Waals surface area contributed by atoms with Crippen molar-refractivity contribution in [3.05, 3.63) is 59.2 Å². The van der Waals surface area contributed by atoms with E-state index in [0.29, 0.717) is 0 Å². The number of alkyl halides is 1. The second-order valence-electron chi connectivity index (χ2n) is 7.29. The number of unbranched alkanes of at least 4 members (excludes halogenated alkanes) is 2. The summed E-state index contributed by atoms with van der Waals surface area (Å²) in [6, 6.07) is 14.7. The number of nitrogens with zero attached hydrogens (tertiary/aromatic N) is 1. The van der Waals surface area contributed by atoms with E-state index in [1.807, 2.05) is 19.1 Å². The van der Waals surface area contributed by atoms with Gasteiger partial charge in [-0.05, 0) is 60.7 Å². The maximum Gasteiger partial charge on any atom is 0.115 e. The lowest BCUT2D eigenvalue weighted by Gasteiger charge is -2.26. The molecular weight excluding hydrogens is 369 g/mol. The molecule has 0 aliphatic carbocycles. The average Bonchev–Trinajstić information content (AvgIpc) is 2.71. The van der Waals surface area contributed by atoms with Crippen LogP contribution in [0.3, 0.4) is 0 Å². The summed E-state index contributed by atoms with van der Waals surface area (Å²) in [6.45, 7) is 7.32. The number of nitrogens with one attached hydrogen (secondary N) is 2. The molecule has 28 heavy (non-hydrogen) atoms. The standard InChI is InChI=1S/C23H34FN3S/c1-3-4-5-11-25-22-8-6-20(7-9-22)10-13-27(14-12-26-28)23-16-19(2)15-21(17-23)18-24/h6-9,15-17,25-26,28H,3-5,10-14,18H2,1-2H3. The van der Waals surface area contributed by atoms with Gasteiger partial charge in [0.2, 0.25) is 0 Å². The number of benzene rings is 2. The number of hydrogen-bond donors (Lipinski definition) is 3. The van der Waals surface area contributed by atoms with Crippen LogP contribution in [0, 0.1) is 6.92 Å². The van der Waals surface area contributed by atoms with Crippen molar-refractivity contribution in [3.8, 4) is 0 Å². The Labute approximate surface area is 175 Å². The van der Waals surface area contributed by atoms with E-state index in [0.717, 1.165) is 49.4 Å². The Morgan fingerprint density at radius 3 is 2.43 bits per heavy atom. The first kappa shape index (κ1) is 22.6. The lowest BCUT2D eigenvalue weighted by molar-refractivity contribution is 0.485. The van der Waals surface area contributed by atoms with Crippen LogP contribution in [0.25, 0.3) is 0 Å². The zero-order valence-corrected chi connectivity index (χ0v) is 18.1. The zero-order valence-electron chi connectivity index (χ0n) is 17.2. The highest BCUT2D eigenvalue weighted by Crippen LogP contribution is 2.21. The molecule has 0 radical (unpaired) electrons. The van der Waals surface area contributed by atoms with Crippen molar-refractivity contribution in [1.82, 2.24) is 4.72 Å². The van der Waals surface area contributed by atoms with Gasteiger partial charge < -0.3 is 10.2 Å². The first-order valence-electron chi connectivity index (χ1n) is 10.3. The molecular formula is C23H34FN3S. The zero-order chi connectivity index (χ0) is 20.2. The summed E-state index contributed by atoms with van der Waals surface area (Å²) in [5.41, 5.74) is 5.39. The second-order valence-corrected chi connectivity index (χ2v) is 7.60. The summed E-state index contributed by atoms with van der Waals surface area (Å²) in [5, 5.41) is 3.48. The average molecular weight is 404 g/mol. The van der Waals surface area contributed by atoms with Crippen LogP contribution in [0.15, 0.2) is 42.5 Å². The largest absolute Gasteiger partial charge is 0.385 e. The quantitative estimate of drug-likeness (QED) is 0.302. The van der Waals surface area contributed by atoms with Gasteiger partial charge in [-0.3, -0.25) is 4.72 Å². The minimum Gasteiger partial charge on any atom is -0.385 e. The summed E-state index contributed by atoms with van der Waals surface area (Å²) >= 11 is 4.11. The molecule has 0 fully saturated rings. The topological polar surface area (TPSA) is 27.3 Å². The van der Waals surface area contributed by atoms with Crippen LogP contribution < -0.4 is 14.9 Å². The number of halogens is 1. The van der Waals surface area contributed by atoms with Crippen LogP contribution in [0.4, 0.5) is 15.8 Å². The third-order valence-electron chi connectivity index (χ3n) is 4.87. The molecule has 0 saturated heterocycles. The van der Waals surface area contributed by atoms with Crippen molar-refractivity contribution in [2.75, 3.05) is 36.4 Å². The number of thiol groups is 1. The van der Waals surface area contributed by atoms with Crippen molar-refractivity contribution >= 4 is 24.2 Å². The summed E-state index contributed by atoms with van der Waals surface area (Å²) < 4.78 is 16.1. The Hall–Kier alpha value is -1.72. The highest BCUT2D eigenvalue weighted by Gasteiger charge is 2.09. The smallest absolute Gasteiger partial charge is 0.115 e. The molecule has 3 nitrogen and oxygen atoms in total. The summed E-state index contributed by atoms with van der Waals surface area (Å²) in [5.74, 6) is 0. The van der Waals surface area contributed by atoms with Crippen molar-refractivity contribution < 1.29 is 4.39 Å². The van der Waals surface area contributed by atoms with Crippen LogP contribution in [-0.2, 0) is 13.1 Å². The minimum absolute atomic E-state index is 0.430. The predicted molar refractivity (Wildman–Crippen MR) is 123 cm³/mol. The molecule has 2 rings (SSSR count). The van der Waals surface area contributed by atoms with E-state index in [4.69, 9.17) is 0 Å². The maximum absolute atomic E-state index is 13.2. The van der Waals surface area contributed by atoms with E-state index in [-0.39, 0.29) is 0 Å². The minimum atomic E-state index is -0.430. The monoisotopic (exact) mass is 403 g/mol. The first-order chi connectivity index (χ1) is 13.7. The van der Waals surface area contributed by atoms with Crippen LogP contribution >= 0.6 is 12.8 Å². The number of aryl methyl sites for hydroxylation is 1. The van der Waals surface area contributed by atoms with E-state index in [1.165, 1.54) is 30.5 Å². The molecule has 2 N–H and O–H groups in total. The molecule has 5 heteroatoms. The SMILES string of the molecule is CCCCCNc1ccc(CCN(CCNS)c2cc(C)cc(CF)c2)cc1. The summed E-state index contributed by atoms with van der Waals surface area (Å²) in [4.78, 5) is 2.30. The first-order valence-corrected chi connectivity index (χ1v) is 10.7. The molecule has 0 atom stereocenters. The Bertz CT molecular complexity index is 691. The molecule has 2 aromatic rings. The molecule has 0 amide bonds. The normalized spacial score (nSPS) is 10.9. The molecule has 0 aliphatic rings. The fourth-order valence-electron chi connectivity index (χ4n) is 3.32. The molecule has 0 aromatic heterocycles. The lowest BCUT2D eigenvalue weighted by atomic mass is 10.1. The number of anilines is 2. The van der Waals surface area contributed by atoms with Gasteiger partial charge in [-0.25, -0.2) is 4.39 Å². The van der Waals surface area contributed by atoms with Gasteiger partial charge in [-0.1, -0.05) is 50.8 Å². The number of hydrogen-bond acceptors (Lipinski definition) is 4. The van der Waals surface area contributed by atoms with Gasteiger partial charge in [-0.2, -0.15) is 0 Å². The Morgan fingerprint density at radius 1 is 0.964 bits per heavy atom. The molecule has 0 spiro atoms. The van der Waals surface area contributed by atoms with E-state index >= 15 is 0 Å². The van der Waals surface area contributed by atoms with Gasteiger partial charge in [-0.15, -0.1) is 0 Å². The third-order valence-corrected chi connectivity index (χ3v) is 5.09. The third kappa shape index (κ3) is 7.72. The molecule has 0 heterocycles. The number of rotatable bonds is 13. The Balaban J connectivity index is 1.96. The fourth-order valence-corrected chi connectivity index (χ4v) is 3.42. The van der Waals surface area contributed by atoms with Crippen LogP contribution in [-0.4, -0.2) is 26.2 Å². The molecule has 0 bridgehead atoms. The van der Waals surface area contributed by atoms with E-state index in [9.17, 15) is 4.39 Å². The Kier molecular flexibility index (Phi) is 10.2. The van der Waals surface area contributed by atoms with Gasteiger partial charge in [0.25, 0.3) is 0 Å². The fraction of sp³-hybridized carbons (Fsp3) is 0.478. The van der Waals surface area contributed by atoms with Gasteiger partial charge in [0, 0.05) is 37.6 Å². The predicted octanol–water partition coefficient (Wildman–Crippen LogP) is 5.55. The maximum atomic E-state index is 13.2. The van der Waals surface area contributed by atoms with E-state index < -0.39 is 6.67 Å². The van der Waals surface area contributed by atoms with Crippen molar-refractivity contribution in [2.45, 2.75) is 46.2 Å². The van der Waals surface area contributed by atoms with Crippen LogP contribution in [0.2, 0.25) is 0 Å². The van der Waals surface area contributed by atoms with Gasteiger partial charge in [0.05, 0.1) is 0 Å². The highest BCUT2D eigenvalue weighted by atomic mass is 32.1. The van der Waals surface area contributed by atoms with Crippen LogP contribution in [0.5, 0.6) is 0 Å². The van der Waals surface area contributed by atoms with Gasteiger partial charge in [0.1, 0.15) is 6.67 Å². The molecule has 2 aromatic carbocycles. The van der Waals surface area contributed by atoms with Crippen LogP contribution in [0.1, 0.15) is 42.9 Å². The Morgan fingerprint density at radius 2 is 1.75 bits per heavy atom.